The van der Waals surface area contributed by atoms with E-state index in [-0.39, 0.29) is 18.3 Å². The summed E-state index contributed by atoms with van der Waals surface area (Å²) in [6.45, 7) is 0.841. The quantitative estimate of drug-likeness (QED) is 0.792. The molecule has 2 N–H and O–H groups in total. The Morgan fingerprint density at radius 2 is 2.06 bits per heavy atom. The first-order chi connectivity index (χ1) is 8.56. The molecular weight excluding hydrogens is 298 g/mol. The van der Waals surface area contributed by atoms with Gasteiger partial charge in [-0.15, -0.1) is 0 Å². The molecule has 0 aliphatic heterocycles. The number of phenolic OH excluding ortho intramolecular Hbond substituents is 1. The van der Waals surface area contributed by atoms with Crippen LogP contribution in [0, 0.1) is 0 Å². The minimum absolute atomic E-state index is 0.0644. The van der Waals surface area contributed by atoms with Crippen molar-refractivity contribution in [3.63, 3.8) is 0 Å². The fourth-order valence-corrected chi connectivity index (χ4v) is 1.85. The van der Waals surface area contributed by atoms with Crippen molar-refractivity contribution in [1.82, 2.24) is 4.90 Å². The van der Waals surface area contributed by atoms with Gasteiger partial charge < -0.3 is 15.1 Å². The average Bonchev–Trinajstić information content (AvgIpc) is 2.37. The number of carbonyl (C=O) groups excluding carboxylic acids is 1. The maximum Gasteiger partial charge on any atom is 0.253 e. The molecule has 0 radical (unpaired) electrons. The lowest BCUT2D eigenvalue weighted by atomic mass is 10.2. The molecule has 0 atom stereocenters. The van der Waals surface area contributed by atoms with Gasteiger partial charge in [-0.05, 0) is 53.4 Å². The first-order valence-corrected chi connectivity index (χ1v) is 6.70. The summed E-state index contributed by atoms with van der Waals surface area (Å²) in [6, 6.07) is 4.79. The molecule has 0 spiro atoms. The topological polar surface area (TPSA) is 60.8 Å². The molecule has 0 aromatic heterocycles. The van der Waals surface area contributed by atoms with Crippen LogP contribution in [0.2, 0.25) is 0 Å². The Morgan fingerprint density at radius 3 is 2.67 bits per heavy atom. The van der Waals surface area contributed by atoms with Crippen molar-refractivity contribution in [2.75, 3.05) is 20.2 Å². The number of hydrogen-bond donors (Lipinski definition) is 2. The summed E-state index contributed by atoms with van der Waals surface area (Å²) in [4.78, 5) is 13.6. The van der Waals surface area contributed by atoms with Crippen molar-refractivity contribution in [2.45, 2.75) is 19.3 Å². The van der Waals surface area contributed by atoms with E-state index in [1.54, 1.807) is 24.1 Å². The second kappa shape index (κ2) is 7.38. The molecule has 0 aliphatic rings. The Kier molecular flexibility index (Phi) is 6.15. The van der Waals surface area contributed by atoms with Crippen LogP contribution in [0.3, 0.4) is 0 Å². The van der Waals surface area contributed by atoms with Crippen molar-refractivity contribution in [1.29, 1.82) is 0 Å². The summed E-state index contributed by atoms with van der Waals surface area (Å²) in [7, 11) is 1.74. The van der Waals surface area contributed by atoms with Gasteiger partial charge in [0.15, 0.2) is 0 Å². The van der Waals surface area contributed by atoms with Crippen LogP contribution in [0.4, 0.5) is 0 Å². The Labute approximate surface area is 115 Å². The molecule has 1 amide bonds. The summed E-state index contributed by atoms with van der Waals surface area (Å²) in [5.41, 5.74) is 0.473. The normalized spacial score (nSPS) is 10.4. The molecule has 0 saturated heterocycles. The van der Waals surface area contributed by atoms with E-state index in [0.717, 1.165) is 19.3 Å². The SMILES string of the molecule is CN(CCCCCO)C(=O)c1ccc(Br)c(O)c1. The fourth-order valence-electron chi connectivity index (χ4n) is 1.61. The molecule has 1 aromatic carbocycles. The molecule has 0 fully saturated rings. The number of amides is 1. The van der Waals surface area contributed by atoms with Crippen LogP contribution in [0.1, 0.15) is 29.6 Å². The summed E-state index contributed by atoms with van der Waals surface area (Å²) < 4.78 is 0.574. The largest absolute Gasteiger partial charge is 0.507 e. The molecule has 4 nitrogen and oxygen atoms in total. The highest BCUT2D eigenvalue weighted by atomic mass is 79.9. The van der Waals surface area contributed by atoms with Crippen LogP contribution in [0.25, 0.3) is 0 Å². The van der Waals surface area contributed by atoms with Crippen LogP contribution in [-0.2, 0) is 0 Å². The van der Waals surface area contributed by atoms with Crippen LogP contribution < -0.4 is 0 Å². The van der Waals surface area contributed by atoms with Gasteiger partial charge in [0.25, 0.3) is 5.91 Å². The third-order valence-corrected chi connectivity index (χ3v) is 3.36. The van der Waals surface area contributed by atoms with Crippen LogP contribution in [0.5, 0.6) is 5.75 Å². The Balaban J connectivity index is 2.54. The molecular formula is C13H18BrNO3. The number of rotatable bonds is 6. The van der Waals surface area contributed by atoms with Crippen LogP contribution in [0.15, 0.2) is 22.7 Å². The summed E-state index contributed by atoms with van der Waals surface area (Å²) >= 11 is 3.18. The van der Waals surface area contributed by atoms with E-state index < -0.39 is 0 Å². The van der Waals surface area contributed by atoms with E-state index in [1.807, 2.05) is 0 Å². The molecule has 0 unspecified atom stereocenters. The molecule has 100 valence electrons. The highest BCUT2D eigenvalue weighted by Gasteiger charge is 2.12. The molecule has 0 heterocycles. The second-order valence-corrected chi connectivity index (χ2v) is 5.03. The first kappa shape index (κ1) is 15.0. The van der Waals surface area contributed by atoms with Crippen LogP contribution in [-0.4, -0.2) is 41.2 Å². The predicted molar refractivity (Wildman–Crippen MR) is 73.7 cm³/mol. The molecule has 0 aliphatic carbocycles. The number of aliphatic hydroxyl groups excluding tert-OH is 1. The van der Waals surface area contributed by atoms with Crippen molar-refractivity contribution < 1.29 is 15.0 Å². The molecule has 1 aromatic rings. The molecule has 18 heavy (non-hydrogen) atoms. The van der Waals surface area contributed by atoms with Crippen molar-refractivity contribution in [3.8, 4) is 5.75 Å². The lowest BCUT2D eigenvalue weighted by molar-refractivity contribution is 0.0791. The van der Waals surface area contributed by atoms with Crippen molar-refractivity contribution >= 4 is 21.8 Å². The minimum atomic E-state index is -0.109. The zero-order valence-electron chi connectivity index (χ0n) is 10.4. The highest BCUT2D eigenvalue weighted by molar-refractivity contribution is 9.10. The fraction of sp³-hybridized carbons (Fsp3) is 0.462. The van der Waals surface area contributed by atoms with Crippen molar-refractivity contribution in [2.24, 2.45) is 0 Å². The van der Waals surface area contributed by atoms with E-state index in [0.29, 0.717) is 16.6 Å². The highest BCUT2D eigenvalue weighted by Crippen LogP contribution is 2.24. The number of aromatic hydroxyl groups is 1. The standard InChI is InChI=1S/C13H18BrNO3/c1-15(7-3-2-4-8-16)13(18)10-5-6-11(14)12(17)9-10/h5-6,9,16-17H,2-4,7-8H2,1H3. The lowest BCUT2D eigenvalue weighted by Crippen LogP contribution is -2.27. The summed E-state index contributed by atoms with van der Waals surface area (Å²) in [5, 5.41) is 18.2. The predicted octanol–water partition coefficient (Wildman–Crippen LogP) is 2.39. The van der Waals surface area contributed by atoms with Gasteiger partial charge in [-0.2, -0.15) is 0 Å². The Bertz CT molecular complexity index is 409. The summed E-state index contributed by atoms with van der Waals surface area (Å²) in [5.74, 6) is -0.0451. The number of benzene rings is 1. The first-order valence-electron chi connectivity index (χ1n) is 5.91. The van der Waals surface area contributed by atoms with Gasteiger partial charge in [-0.25, -0.2) is 0 Å². The molecule has 0 bridgehead atoms. The number of nitrogens with zero attached hydrogens (tertiary/aromatic N) is 1. The van der Waals surface area contributed by atoms with E-state index in [1.165, 1.54) is 6.07 Å². The number of unbranched alkanes of at least 4 members (excludes halogenated alkanes) is 2. The van der Waals surface area contributed by atoms with E-state index in [2.05, 4.69) is 15.9 Å². The van der Waals surface area contributed by atoms with Gasteiger partial charge in [0.1, 0.15) is 5.75 Å². The number of carbonyl (C=O) groups is 1. The number of hydrogen-bond acceptors (Lipinski definition) is 3. The number of halogens is 1. The van der Waals surface area contributed by atoms with Gasteiger partial charge in [-0.1, -0.05) is 0 Å². The van der Waals surface area contributed by atoms with Gasteiger partial charge in [0.05, 0.1) is 4.47 Å². The van der Waals surface area contributed by atoms with Crippen molar-refractivity contribution in [3.05, 3.63) is 28.2 Å². The average molecular weight is 316 g/mol. The zero-order chi connectivity index (χ0) is 13.5. The van der Waals surface area contributed by atoms with Crippen LogP contribution >= 0.6 is 15.9 Å². The third-order valence-electron chi connectivity index (χ3n) is 2.69. The zero-order valence-corrected chi connectivity index (χ0v) is 12.0. The smallest absolute Gasteiger partial charge is 0.253 e. The Morgan fingerprint density at radius 1 is 1.33 bits per heavy atom. The summed E-state index contributed by atoms with van der Waals surface area (Å²) in [6.07, 6.45) is 2.53. The van der Waals surface area contributed by atoms with Gasteiger partial charge >= 0.3 is 0 Å². The number of aliphatic hydroxyl groups is 1. The van der Waals surface area contributed by atoms with E-state index >= 15 is 0 Å². The second-order valence-electron chi connectivity index (χ2n) is 4.18. The third kappa shape index (κ3) is 4.31. The van der Waals surface area contributed by atoms with E-state index in [9.17, 15) is 9.90 Å². The Hall–Kier alpha value is -1.07. The monoisotopic (exact) mass is 315 g/mol. The maximum absolute atomic E-state index is 12.0. The molecule has 5 heteroatoms. The number of phenols is 1. The molecule has 1 rings (SSSR count). The van der Waals surface area contributed by atoms with Gasteiger partial charge in [-0.3, -0.25) is 4.79 Å². The molecule has 0 saturated carbocycles. The minimum Gasteiger partial charge on any atom is -0.507 e. The van der Waals surface area contributed by atoms with E-state index in [4.69, 9.17) is 5.11 Å². The maximum atomic E-state index is 12.0. The van der Waals surface area contributed by atoms with Gasteiger partial charge in [0.2, 0.25) is 0 Å². The lowest BCUT2D eigenvalue weighted by Gasteiger charge is -2.17. The van der Waals surface area contributed by atoms with Gasteiger partial charge in [0, 0.05) is 25.8 Å².